The highest BCUT2D eigenvalue weighted by Gasteiger charge is 1.99. The Morgan fingerprint density at radius 1 is 1.31 bits per heavy atom. The van der Waals surface area contributed by atoms with E-state index in [9.17, 15) is 4.79 Å². The summed E-state index contributed by atoms with van der Waals surface area (Å²) in [6.45, 7) is 1.39. The highest BCUT2D eigenvalue weighted by molar-refractivity contribution is 5.66. The van der Waals surface area contributed by atoms with Gasteiger partial charge in [0.15, 0.2) is 0 Å². The van der Waals surface area contributed by atoms with E-state index < -0.39 is 6.09 Å². The summed E-state index contributed by atoms with van der Waals surface area (Å²) < 4.78 is 9.82. The number of unbranched alkanes of at least 4 members (excludes halogenated alkanes) is 2. The van der Waals surface area contributed by atoms with Crippen molar-refractivity contribution in [2.75, 3.05) is 33.0 Å². The molecule has 1 amide bonds. The van der Waals surface area contributed by atoms with Crippen LogP contribution < -0.4 is 5.32 Å². The summed E-state index contributed by atoms with van der Waals surface area (Å²) in [5.41, 5.74) is 0. The molecule has 92 valence electrons. The van der Waals surface area contributed by atoms with Crippen molar-refractivity contribution in [3.8, 4) is 12.3 Å². The van der Waals surface area contributed by atoms with Crippen LogP contribution in [0.2, 0.25) is 0 Å². The predicted octanol–water partition coefficient (Wildman–Crippen LogP) is 0.525. The molecule has 0 bridgehead atoms. The van der Waals surface area contributed by atoms with Crippen LogP contribution in [0.15, 0.2) is 0 Å². The summed E-state index contributed by atoms with van der Waals surface area (Å²) in [7, 11) is 0. The smallest absolute Gasteiger partial charge is 0.407 e. The van der Waals surface area contributed by atoms with Crippen LogP contribution >= 0.6 is 0 Å². The van der Waals surface area contributed by atoms with Gasteiger partial charge in [-0.05, 0) is 12.8 Å². The van der Waals surface area contributed by atoms with Gasteiger partial charge in [-0.1, -0.05) is 0 Å². The fourth-order valence-corrected chi connectivity index (χ4v) is 0.937. The lowest BCUT2D eigenvalue weighted by Gasteiger charge is -2.06. The van der Waals surface area contributed by atoms with Gasteiger partial charge in [-0.15, -0.1) is 12.3 Å². The number of rotatable bonds is 9. The third-order valence-electron chi connectivity index (χ3n) is 1.70. The first-order valence-corrected chi connectivity index (χ1v) is 5.34. The second kappa shape index (κ2) is 11.8. The lowest BCUT2D eigenvalue weighted by atomic mass is 10.2. The molecule has 0 aromatic rings. The van der Waals surface area contributed by atoms with E-state index in [0.717, 1.165) is 12.8 Å². The average molecular weight is 229 g/mol. The van der Waals surface area contributed by atoms with Gasteiger partial charge in [-0.25, -0.2) is 4.79 Å². The third-order valence-corrected chi connectivity index (χ3v) is 1.70. The Kier molecular flexibility index (Phi) is 10.9. The lowest BCUT2D eigenvalue weighted by molar-refractivity contribution is 0.0906. The highest BCUT2D eigenvalue weighted by atomic mass is 16.5. The molecule has 5 heteroatoms. The van der Waals surface area contributed by atoms with Crippen molar-refractivity contribution in [3.05, 3.63) is 0 Å². The molecule has 5 nitrogen and oxygen atoms in total. The van der Waals surface area contributed by atoms with Crippen LogP contribution in [0.3, 0.4) is 0 Å². The van der Waals surface area contributed by atoms with Crippen molar-refractivity contribution < 1.29 is 19.4 Å². The zero-order chi connectivity index (χ0) is 12.1. The van der Waals surface area contributed by atoms with Gasteiger partial charge in [-0.2, -0.15) is 0 Å². The maximum atomic E-state index is 11.0. The standard InChI is InChI=1S/C11H19NO4/c1-2-3-4-5-8-16-11(14)12-6-9-15-10-7-13/h1,13H,3-10H2,(H,12,14). The molecule has 16 heavy (non-hydrogen) atoms. The van der Waals surface area contributed by atoms with Crippen LogP contribution in [-0.4, -0.2) is 44.2 Å². The number of aliphatic hydroxyl groups is 1. The third kappa shape index (κ3) is 10.8. The molecule has 0 heterocycles. The van der Waals surface area contributed by atoms with Crippen molar-refractivity contribution in [1.82, 2.24) is 5.32 Å². The van der Waals surface area contributed by atoms with Gasteiger partial charge in [0.25, 0.3) is 0 Å². The molecule has 0 saturated carbocycles. The van der Waals surface area contributed by atoms with Gasteiger partial charge in [0.2, 0.25) is 0 Å². The molecule has 0 fully saturated rings. The van der Waals surface area contributed by atoms with Gasteiger partial charge in [-0.3, -0.25) is 0 Å². The number of hydrogen-bond acceptors (Lipinski definition) is 4. The van der Waals surface area contributed by atoms with Crippen molar-refractivity contribution in [1.29, 1.82) is 0 Å². The van der Waals surface area contributed by atoms with E-state index in [0.29, 0.717) is 26.2 Å². The first-order chi connectivity index (χ1) is 7.81. The fourth-order valence-electron chi connectivity index (χ4n) is 0.937. The second-order valence-corrected chi connectivity index (χ2v) is 3.06. The molecule has 0 unspecified atom stereocenters. The summed E-state index contributed by atoms with van der Waals surface area (Å²) >= 11 is 0. The number of aliphatic hydroxyl groups excluding tert-OH is 1. The van der Waals surface area contributed by atoms with Crippen LogP contribution in [0, 0.1) is 12.3 Å². The summed E-state index contributed by atoms with van der Waals surface area (Å²) in [6.07, 6.45) is 6.97. The van der Waals surface area contributed by atoms with Crippen LogP contribution in [0.5, 0.6) is 0 Å². The topological polar surface area (TPSA) is 67.8 Å². The summed E-state index contributed by atoms with van der Waals surface area (Å²) in [5, 5.41) is 10.9. The van der Waals surface area contributed by atoms with E-state index in [2.05, 4.69) is 11.2 Å². The number of terminal acetylenes is 1. The fraction of sp³-hybridized carbons (Fsp3) is 0.727. The Bertz CT molecular complexity index is 213. The first-order valence-electron chi connectivity index (χ1n) is 5.34. The molecule has 0 spiro atoms. The second-order valence-electron chi connectivity index (χ2n) is 3.06. The number of alkyl carbamates (subject to hydrolysis) is 1. The Morgan fingerprint density at radius 2 is 2.12 bits per heavy atom. The predicted molar refractivity (Wildman–Crippen MR) is 59.9 cm³/mol. The van der Waals surface area contributed by atoms with Crippen molar-refractivity contribution in [3.63, 3.8) is 0 Å². The van der Waals surface area contributed by atoms with Gasteiger partial charge in [0.05, 0.1) is 26.4 Å². The van der Waals surface area contributed by atoms with E-state index in [4.69, 9.17) is 21.0 Å². The summed E-state index contributed by atoms with van der Waals surface area (Å²) in [4.78, 5) is 11.0. The minimum Gasteiger partial charge on any atom is -0.450 e. The largest absolute Gasteiger partial charge is 0.450 e. The molecular weight excluding hydrogens is 210 g/mol. The molecule has 0 aliphatic rings. The van der Waals surface area contributed by atoms with Crippen molar-refractivity contribution in [2.24, 2.45) is 0 Å². The van der Waals surface area contributed by atoms with Crippen LogP contribution in [0.1, 0.15) is 19.3 Å². The minimum absolute atomic E-state index is 0.0143. The van der Waals surface area contributed by atoms with E-state index in [-0.39, 0.29) is 13.2 Å². The number of carbonyl (C=O) groups excluding carboxylic acids is 1. The highest BCUT2D eigenvalue weighted by Crippen LogP contribution is 1.94. The quantitative estimate of drug-likeness (QED) is 0.447. The van der Waals surface area contributed by atoms with Crippen LogP contribution in [0.25, 0.3) is 0 Å². The number of nitrogens with one attached hydrogen (secondary N) is 1. The van der Waals surface area contributed by atoms with Gasteiger partial charge in [0, 0.05) is 13.0 Å². The maximum Gasteiger partial charge on any atom is 0.407 e. The van der Waals surface area contributed by atoms with E-state index in [1.807, 2.05) is 0 Å². The van der Waals surface area contributed by atoms with Crippen molar-refractivity contribution in [2.45, 2.75) is 19.3 Å². The van der Waals surface area contributed by atoms with Crippen LogP contribution in [0.4, 0.5) is 4.79 Å². The Morgan fingerprint density at radius 3 is 2.81 bits per heavy atom. The van der Waals surface area contributed by atoms with Gasteiger partial charge >= 0.3 is 6.09 Å². The molecular formula is C11H19NO4. The molecule has 0 saturated heterocycles. The molecule has 0 aromatic heterocycles. The average Bonchev–Trinajstić information content (AvgIpc) is 2.28. The molecule has 0 aromatic carbocycles. The Hall–Kier alpha value is -1.25. The summed E-state index contributed by atoms with van der Waals surface area (Å²) in [6, 6.07) is 0. The zero-order valence-corrected chi connectivity index (χ0v) is 9.41. The van der Waals surface area contributed by atoms with E-state index in [1.165, 1.54) is 0 Å². The Labute approximate surface area is 96.1 Å². The number of ether oxygens (including phenoxy) is 2. The SMILES string of the molecule is C#CCCCCOC(=O)NCCOCCO. The molecule has 0 aliphatic heterocycles. The molecule has 2 N–H and O–H groups in total. The minimum atomic E-state index is -0.451. The van der Waals surface area contributed by atoms with Crippen LogP contribution in [-0.2, 0) is 9.47 Å². The molecule has 0 aliphatic carbocycles. The number of hydrogen-bond donors (Lipinski definition) is 2. The molecule has 0 radical (unpaired) electrons. The molecule has 0 rings (SSSR count). The van der Waals surface area contributed by atoms with Crippen molar-refractivity contribution >= 4 is 6.09 Å². The Balaban J connectivity index is 3.16. The lowest BCUT2D eigenvalue weighted by Crippen LogP contribution is -2.28. The number of amides is 1. The van der Waals surface area contributed by atoms with Gasteiger partial charge < -0.3 is 19.9 Å². The maximum absolute atomic E-state index is 11.0. The van der Waals surface area contributed by atoms with E-state index in [1.54, 1.807) is 0 Å². The first kappa shape index (κ1) is 14.8. The monoisotopic (exact) mass is 229 g/mol. The van der Waals surface area contributed by atoms with E-state index >= 15 is 0 Å². The normalized spacial score (nSPS) is 9.50. The van der Waals surface area contributed by atoms with Gasteiger partial charge in [0.1, 0.15) is 0 Å². The number of carbonyl (C=O) groups is 1. The zero-order valence-electron chi connectivity index (χ0n) is 9.41. The summed E-state index contributed by atoms with van der Waals surface area (Å²) in [5.74, 6) is 2.52. The molecule has 0 atom stereocenters.